The van der Waals surface area contributed by atoms with E-state index >= 15 is 0 Å². The molecular weight excluding hydrogens is 377 g/mol. The van der Waals surface area contributed by atoms with E-state index in [1.54, 1.807) is 4.90 Å². The predicted octanol–water partition coefficient (Wildman–Crippen LogP) is 4.03. The molecule has 0 saturated carbocycles. The Kier molecular flexibility index (Phi) is 6.26. The van der Waals surface area contributed by atoms with E-state index in [-0.39, 0.29) is 18.3 Å². The van der Waals surface area contributed by atoms with Crippen LogP contribution in [0.25, 0.3) is 10.2 Å². The van der Waals surface area contributed by atoms with E-state index in [0.29, 0.717) is 24.0 Å². The van der Waals surface area contributed by atoms with E-state index in [1.165, 1.54) is 41.2 Å². The smallest absolute Gasteiger partial charge is 0.266 e. The molecule has 0 bridgehead atoms. The van der Waals surface area contributed by atoms with Gasteiger partial charge in [0.2, 0.25) is 0 Å². The highest BCUT2D eigenvalue weighted by atomic mass is 32.1. The van der Waals surface area contributed by atoms with Crippen LogP contribution in [-0.4, -0.2) is 49.6 Å². The second kappa shape index (κ2) is 8.67. The number of nitrogens with zero attached hydrogens (tertiary/aromatic N) is 3. The number of likely N-dealkylation sites (N-methyl/N-ethyl adjacent to an activating group) is 1. The molecule has 148 valence electrons. The number of hydrogen-bond donors (Lipinski definition) is 0. The zero-order valence-corrected chi connectivity index (χ0v) is 17.3. The summed E-state index contributed by atoms with van der Waals surface area (Å²) in [6.45, 7) is 5.17. The fourth-order valence-corrected chi connectivity index (χ4v) is 4.04. The molecule has 0 spiro atoms. The van der Waals surface area contributed by atoms with Crippen molar-refractivity contribution >= 4 is 32.6 Å². The molecule has 0 unspecified atom stereocenters. The number of fused-ring (bicyclic) bond motifs is 1. The molecule has 1 heterocycles. The van der Waals surface area contributed by atoms with Crippen LogP contribution in [0.4, 0.5) is 9.52 Å². The van der Waals surface area contributed by atoms with Crippen LogP contribution in [0.3, 0.4) is 0 Å². The molecule has 2 aromatic carbocycles. The van der Waals surface area contributed by atoms with Crippen molar-refractivity contribution in [3.8, 4) is 5.75 Å². The maximum absolute atomic E-state index is 13.0. The van der Waals surface area contributed by atoms with Crippen molar-refractivity contribution in [1.82, 2.24) is 9.88 Å². The normalized spacial score (nSPS) is 11.2. The largest absolute Gasteiger partial charge is 0.484 e. The van der Waals surface area contributed by atoms with E-state index < -0.39 is 0 Å². The quantitative estimate of drug-likeness (QED) is 0.600. The van der Waals surface area contributed by atoms with E-state index in [1.807, 2.05) is 25.9 Å². The molecule has 3 aromatic rings. The SMILES string of the molecule is Cc1cc(C)c2nc(N(CCN(C)C)C(=O)COc3ccc(F)cc3)sc2c1. The molecule has 5 nitrogen and oxygen atoms in total. The monoisotopic (exact) mass is 401 g/mol. The number of amides is 1. The van der Waals surface area contributed by atoms with Crippen molar-refractivity contribution in [3.63, 3.8) is 0 Å². The molecule has 1 aromatic heterocycles. The van der Waals surface area contributed by atoms with Crippen LogP contribution in [0.1, 0.15) is 11.1 Å². The summed E-state index contributed by atoms with van der Waals surface area (Å²) in [7, 11) is 3.92. The van der Waals surface area contributed by atoms with Gasteiger partial charge in [-0.2, -0.15) is 0 Å². The molecule has 0 fully saturated rings. The molecule has 0 atom stereocenters. The summed E-state index contributed by atoms with van der Waals surface area (Å²) in [6, 6.07) is 9.82. The number of aryl methyl sites for hydroxylation is 2. The summed E-state index contributed by atoms with van der Waals surface area (Å²) in [4.78, 5) is 21.3. The topological polar surface area (TPSA) is 45.7 Å². The standard InChI is InChI=1S/C21H24FN3O2S/c1-14-11-15(2)20-18(12-14)28-21(23-20)25(10-9-24(3)4)19(26)13-27-17-7-5-16(22)6-8-17/h5-8,11-12H,9-10,13H2,1-4H3. The number of ether oxygens (including phenoxy) is 1. The van der Waals surface area contributed by atoms with Gasteiger partial charge in [0.1, 0.15) is 11.6 Å². The van der Waals surface area contributed by atoms with Crippen LogP contribution < -0.4 is 9.64 Å². The Hall–Kier alpha value is -2.51. The van der Waals surface area contributed by atoms with Gasteiger partial charge in [-0.1, -0.05) is 17.4 Å². The summed E-state index contributed by atoms with van der Waals surface area (Å²) in [5.41, 5.74) is 3.19. The summed E-state index contributed by atoms with van der Waals surface area (Å²) in [6.07, 6.45) is 0. The fourth-order valence-electron chi connectivity index (χ4n) is 2.86. The summed E-state index contributed by atoms with van der Waals surface area (Å²) in [5, 5.41) is 0.665. The minimum Gasteiger partial charge on any atom is -0.484 e. The van der Waals surface area contributed by atoms with Gasteiger partial charge < -0.3 is 9.64 Å². The zero-order chi connectivity index (χ0) is 20.3. The second-order valence-corrected chi connectivity index (χ2v) is 8.03. The van der Waals surface area contributed by atoms with Gasteiger partial charge in [-0.25, -0.2) is 9.37 Å². The first-order valence-electron chi connectivity index (χ1n) is 9.05. The number of carbonyl (C=O) groups is 1. The molecule has 0 aliphatic carbocycles. The first kappa shape index (κ1) is 20.2. The summed E-state index contributed by atoms with van der Waals surface area (Å²) < 4.78 is 19.6. The first-order valence-corrected chi connectivity index (χ1v) is 9.86. The zero-order valence-electron chi connectivity index (χ0n) is 16.5. The lowest BCUT2D eigenvalue weighted by molar-refractivity contribution is -0.120. The Morgan fingerprint density at radius 3 is 2.54 bits per heavy atom. The lowest BCUT2D eigenvalue weighted by Gasteiger charge is -2.22. The highest BCUT2D eigenvalue weighted by molar-refractivity contribution is 7.22. The Bertz CT molecular complexity index is 970. The first-order chi connectivity index (χ1) is 13.3. The third-order valence-corrected chi connectivity index (χ3v) is 5.32. The van der Waals surface area contributed by atoms with E-state index in [9.17, 15) is 9.18 Å². The summed E-state index contributed by atoms with van der Waals surface area (Å²) >= 11 is 1.51. The van der Waals surface area contributed by atoms with Gasteiger partial charge in [-0.3, -0.25) is 9.69 Å². The van der Waals surface area contributed by atoms with Crippen molar-refractivity contribution in [2.45, 2.75) is 13.8 Å². The van der Waals surface area contributed by atoms with Crippen molar-refractivity contribution in [2.24, 2.45) is 0 Å². The number of aromatic nitrogens is 1. The van der Waals surface area contributed by atoms with Gasteiger partial charge in [0.15, 0.2) is 11.7 Å². The van der Waals surface area contributed by atoms with Gasteiger partial charge in [0, 0.05) is 13.1 Å². The Labute approximate surface area is 168 Å². The fraction of sp³-hybridized carbons (Fsp3) is 0.333. The molecule has 0 saturated heterocycles. The molecule has 7 heteroatoms. The van der Waals surface area contributed by atoms with Crippen LogP contribution in [0.15, 0.2) is 36.4 Å². The average Bonchev–Trinajstić information content (AvgIpc) is 3.05. The van der Waals surface area contributed by atoms with Crippen molar-refractivity contribution in [2.75, 3.05) is 38.7 Å². The van der Waals surface area contributed by atoms with Crippen molar-refractivity contribution in [3.05, 3.63) is 53.3 Å². The Morgan fingerprint density at radius 2 is 1.86 bits per heavy atom. The number of halogens is 1. The Morgan fingerprint density at radius 1 is 1.14 bits per heavy atom. The van der Waals surface area contributed by atoms with Crippen LogP contribution in [-0.2, 0) is 4.79 Å². The van der Waals surface area contributed by atoms with Crippen molar-refractivity contribution < 1.29 is 13.9 Å². The summed E-state index contributed by atoms with van der Waals surface area (Å²) in [5.74, 6) is -0.0656. The second-order valence-electron chi connectivity index (χ2n) is 7.02. The van der Waals surface area contributed by atoms with Crippen LogP contribution in [0.2, 0.25) is 0 Å². The highest BCUT2D eigenvalue weighted by Gasteiger charge is 2.21. The molecule has 0 N–H and O–H groups in total. The van der Waals surface area contributed by atoms with E-state index in [2.05, 4.69) is 19.1 Å². The number of rotatable bonds is 7. The average molecular weight is 402 g/mol. The lowest BCUT2D eigenvalue weighted by Crippen LogP contribution is -2.39. The maximum atomic E-state index is 13.0. The molecular formula is C21H24FN3O2S. The van der Waals surface area contributed by atoms with Gasteiger partial charge >= 0.3 is 0 Å². The molecule has 1 amide bonds. The number of carbonyl (C=O) groups excluding carboxylic acids is 1. The number of anilines is 1. The van der Waals surface area contributed by atoms with Crippen LogP contribution >= 0.6 is 11.3 Å². The molecule has 0 aliphatic heterocycles. The lowest BCUT2D eigenvalue weighted by atomic mass is 10.1. The third-order valence-electron chi connectivity index (χ3n) is 4.30. The number of hydrogen-bond acceptors (Lipinski definition) is 5. The van der Waals surface area contributed by atoms with Gasteiger partial charge in [-0.15, -0.1) is 0 Å². The van der Waals surface area contributed by atoms with E-state index in [4.69, 9.17) is 9.72 Å². The van der Waals surface area contributed by atoms with Gasteiger partial charge in [-0.05, 0) is 69.4 Å². The molecule has 0 aliphatic rings. The molecule has 3 rings (SSSR count). The van der Waals surface area contributed by atoms with Crippen LogP contribution in [0.5, 0.6) is 5.75 Å². The number of benzene rings is 2. The Balaban J connectivity index is 1.82. The van der Waals surface area contributed by atoms with Crippen LogP contribution in [0, 0.1) is 19.7 Å². The maximum Gasteiger partial charge on any atom is 0.266 e. The van der Waals surface area contributed by atoms with Crippen molar-refractivity contribution in [1.29, 1.82) is 0 Å². The third kappa shape index (κ3) is 4.85. The van der Waals surface area contributed by atoms with Gasteiger partial charge in [0.05, 0.1) is 10.2 Å². The molecule has 0 radical (unpaired) electrons. The molecule has 28 heavy (non-hydrogen) atoms. The van der Waals surface area contributed by atoms with E-state index in [0.717, 1.165) is 15.8 Å². The minimum absolute atomic E-state index is 0.132. The predicted molar refractivity (Wildman–Crippen MR) is 112 cm³/mol. The number of thiazole rings is 1. The van der Waals surface area contributed by atoms with Gasteiger partial charge in [0.25, 0.3) is 5.91 Å². The minimum atomic E-state index is -0.341. The highest BCUT2D eigenvalue weighted by Crippen LogP contribution is 2.31.